The standard InChI is InChI=1S/C13H22N4.ClH/c1-13(2,16(3)4)12-15-14-11(9-5-6-9)17(12)10-7-8-10;/h9-10H,5-8H2,1-4H3;1H. The van der Waals surface area contributed by atoms with Crippen molar-refractivity contribution in [1.29, 1.82) is 0 Å². The van der Waals surface area contributed by atoms with E-state index in [1.54, 1.807) is 0 Å². The third-order valence-electron chi connectivity index (χ3n) is 4.24. The highest BCUT2D eigenvalue weighted by atomic mass is 35.5. The first-order valence-electron chi connectivity index (χ1n) is 6.64. The fourth-order valence-electron chi connectivity index (χ4n) is 2.23. The van der Waals surface area contributed by atoms with Crippen LogP contribution in [0.3, 0.4) is 0 Å². The molecule has 2 saturated carbocycles. The van der Waals surface area contributed by atoms with Crippen molar-refractivity contribution in [3.8, 4) is 0 Å². The van der Waals surface area contributed by atoms with Gasteiger partial charge in [-0.2, -0.15) is 0 Å². The lowest BCUT2D eigenvalue weighted by atomic mass is 10.0. The minimum Gasteiger partial charge on any atom is -0.310 e. The predicted molar refractivity (Wildman–Crippen MR) is 74.2 cm³/mol. The molecule has 2 fully saturated rings. The van der Waals surface area contributed by atoms with E-state index in [1.807, 2.05) is 0 Å². The average molecular weight is 271 g/mol. The summed E-state index contributed by atoms with van der Waals surface area (Å²) in [5, 5.41) is 8.98. The second kappa shape index (κ2) is 4.49. The summed E-state index contributed by atoms with van der Waals surface area (Å²) in [7, 11) is 4.23. The molecule has 0 bridgehead atoms. The van der Waals surface area contributed by atoms with Crippen LogP contribution in [0.1, 0.15) is 63.1 Å². The van der Waals surface area contributed by atoms with E-state index >= 15 is 0 Å². The van der Waals surface area contributed by atoms with Crippen LogP contribution in [-0.4, -0.2) is 33.8 Å². The van der Waals surface area contributed by atoms with E-state index < -0.39 is 0 Å². The highest BCUT2D eigenvalue weighted by Gasteiger charge is 2.40. The smallest absolute Gasteiger partial charge is 0.153 e. The summed E-state index contributed by atoms with van der Waals surface area (Å²) in [6.07, 6.45) is 5.20. The highest BCUT2D eigenvalue weighted by Crippen LogP contribution is 2.46. The lowest BCUT2D eigenvalue weighted by Gasteiger charge is -2.32. The van der Waals surface area contributed by atoms with Gasteiger partial charge in [0.1, 0.15) is 5.82 Å². The predicted octanol–water partition coefficient (Wildman–Crippen LogP) is 2.71. The zero-order chi connectivity index (χ0) is 12.2. The van der Waals surface area contributed by atoms with Gasteiger partial charge in [-0.1, -0.05) is 0 Å². The molecular formula is C13H23ClN4. The molecular weight excluding hydrogens is 248 g/mol. The first-order valence-corrected chi connectivity index (χ1v) is 6.64. The van der Waals surface area contributed by atoms with Crippen molar-refractivity contribution < 1.29 is 0 Å². The molecule has 1 aromatic rings. The van der Waals surface area contributed by atoms with Gasteiger partial charge in [0.05, 0.1) is 5.54 Å². The Morgan fingerprint density at radius 2 is 1.72 bits per heavy atom. The number of aromatic nitrogens is 3. The molecule has 0 amide bonds. The largest absolute Gasteiger partial charge is 0.310 e. The number of hydrogen-bond donors (Lipinski definition) is 0. The van der Waals surface area contributed by atoms with Gasteiger partial charge in [0.15, 0.2) is 5.82 Å². The van der Waals surface area contributed by atoms with E-state index in [0.29, 0.717) is 12.0 Å². The van der Waals surface area contributed by atoms with Gasteiger partial charge in [0, 0.05) is 12.0 Å². The van der Waals surface area contributed by atoms with E-state index in [1.165, 1.54) is 31.5 Å². The SMILES string of the molecule is CN(C)C(C)(C)c1nnc(C2CC2)n1C1CC1.Cl. The van der Waals surface area contributed by atoms with Crippen molar-refractivity contribution in [2.45, 2.75) is 57.0 Å². The van der Waals surface area contributed by atoms with Gasteiger partial charge in [-0.15, -0.1) is 22.6 Å². The van der Waals surface area contributed by atoms with E-state index in [9.17, 15) is 0 Å². The molecule has 1 heterocycles. The van der Waals surface area contributed by atoms with Crippen molar-refractivity contribution in [2.24, 2.45) is 0 Å². The van der Waals surface area contributed by atoms with Crippen molar-refractivity contribution in [2.75, 3.05) is 14.1 Å². The molecule has 4 nitrogen and oxygen atoms in total. The lowest BCUT2D eigenvalue weighted by Crippen LogP contribution is -2.38. The van der Waals surface area contributed by atoms with Gasteiger partial charge < -0.3 is 4.57 Å². The summed E-state index contributed by atoms with van der Waals surface area (Å²) in [5.74, 6) is 3.08. The van der Waals surface area contributed by atoms with Crippen LogP contribution in [0.5, 0.6) is 0 Å². The Balaban J connectivity index is 0.00000120. The zero-order valence-corrected chi connectivity index (χ0v) is 12.5. The number of nitrogens with zero attached hydrogens (tertiary/aromatic N) is 4. The van der Waals surface area contributed by atoms with E-state index in [4.69, 9.17) is 0 Å². The Kier molecular flexibility index (Phi) is 3.45. The van der Waals surface area contributed by atoms with Gasteiger partial charge in [-0.25, -0.2) is 0 Å². The minimum absolute atomic E-state index is 0. The fourth-order valence-corrected chi connectivity index (χ4v) is 2.23. The molecule has 0 unspecified atom stereocenters. The topological polar surface area (TPSA) is 34.0 Å². The van der Waals surface area contributed by atoms with Crippen LogP contribution >= 0.6 is 12.4 Å². The molecule has 0 aliphatic heterocycles. The van der Waals surface area contributed by atoms with Crippen molar-refractivity contribution in [1.82, 2.24) is 19.7 Å². The van der Waals surface area contributed by atoms with Gasteiger partial charge in [0.2, 0.25) is 0 Å². The molecule has 2 aliphatic carbocycles. The Morgan fingerprint density at radius 3 is 2.17 bits per heavy atom. The second-order valence-electron chi connectivity index (χ2n) is 6.21. The molecule has 102 valence electrons. The molecule has 0 saturated heterocycles. The number of halogens is 1. The Bertz CT molecular complexity index is 430. The molecule has 3 rings (SSSR count). The molecule has 0 N–H and O–H groups in total. The minimum atomic E-state index is -0.0390. The Labute approximate surface area is 115 Å². The average Bonchev–Trinajstić information content (AvgIpc) is 3.16. The maximum atomic E-state index is 4.50. The first-order chi connectivity index (χ1) is 8.01. The summed E-state index contributed by atoms with van der Waals surface area (Å²) >= 11 is 0. The van der Waals surface area contributed by atoms with Crippen LogP contribution in [0.2, 0.25) is 0 Å². The van der Waals surface area contributed by atoms with Gasteiger partial charge in [-0.3, -0.25) is 4.90 Å². The monoisotopic (exact) mass is 270 g/mol. The zero-order valence-electron chi connectivity index (χ0n) is 11.7. The maximum Gasteiger partial charge on any atom is 0.153 e. The van der Waals surface area contributed by atoms with Crippen LogP contribution in [-0.2, 0) is 5.54 Å². The number of rotatable bonds is 4. The fraction of sp³-hybridized carbons (Fsp3) is 0.846. The molecule has 0 radical (unpaired) electrons. The second-order valence-corrected chi connectivity index (χ2v) is 6.21. The summed E-state index contributed by atoms with van der Waals surface area (Å²) < 4.78 is 2.44. The van der Waals surface area contributed by atoms with E-state index in [2.05, 4.69) is 47.6 Å². The normalized spacial score (nSPS) is 20.1. The van der Waals surface area contributed by atoms with Crippen LogP contribution in [0.15, 0.2) is 0 Å². The lowest BCUT2D eigenvalue weighted by molar-refractivity contribution is 0.178. The summed E-state index contributed by atoms with van der Waals surface area (Å²) in [4.78, 5) is 2.23. The van der Waals surface area contributed by atoms with Gasteiger partial charge in [0.25, 0.3) is 0 Å². The highest BCUT2D eigenvalue weighted by molar-refractivity contribution is 5.85. The van der Waals surface area contributed by atoms with E-state index in [-0.39, 0.29) is 17.9 Å². The third kappa shape index (κ3) is 2.16. The third-order valence-corrected chi connectivity index (χ3v) is 4.24. The Morgan fingerprint density at radius 1 is 1.11 bits per heavy atom. The molecule has 0 aromatic carbocycles. The van der Waals surface area contributed by atoms with Crippen molar-refractivity contribution in [3.05, 3.63) is 11.6 Å². The molecule has 1 aromatic heterocycles. The quantitative estimate of drug-likeness (QED) is 0.844. The van der Waals surface area contributed by atoms with Crippen LogP contribution < -0.4 is 0 Å². The van der Waals surface area contributed by atoms with Crippen LogP contribution in [0, 0.1) is 0 Å². The first kappa shape index (κ1) is 13.8. The van der Waals surface area contributed by atoms with Crippen molar-refractivity contribution >= 4 is 12.4 Å². The van der Waals surface area contributed by atoms with Crippen molar-refractivity contribution in [3.63, 3.8) is 0 Å². The number of hydrogen-bond acceptors (Lipinski definition) is 3. The van der Waals surface area contributed by atoms with Crippen LogP contribution in [0.4, 0.5) is 0 Å². The molecule has 0 spiro atoms. The summed E-state index contributed by atoms with van der Waals surface area (Å²) in [6, 6.07) is 0.676. The maximum absolute atomic E-state index is 4.50. The summed E-state index contributed by atoms with van der Waals surface area (Å²) in [6.45, 7) is 4.46. The molecule has 18 heavy (non-hydrogen) atoms. The molecule has 5 heteroatoms. The molecule has 2 aliphatic rings. The van der Waals surface area contributed by atoms with Crippen LogP contribution in [0.25, 0.3) is 0 Å². The summed E-state index contributed by atoms with van der Waals surface area (Å²) in [5.41, 5.74) is -0.0390. The van der Waals surface area contributed by atoms with E-state index in [0.717, 1.165) is 5.82 Å². The molecule has 0 atom stereocenters. The Hall–Kier alpha value is -0.610. The van der Waals surface area contributed by atoms with Gasteiger partial charge >= 0.3 is 0 Å². The van der Waals surface area contributed by atoms with Gasteiger partial charge in [-0.05, 0) is 53.6 Å².